The van der Waals surface area contributed by atoms with Crippen LogP contribution in [-0.2, 0) is 44.6 Å². The Balaban J connectivity index is -0.000000155. The van der Waals surface area contributed by atoms with Crippen LogP contribution in [0.5, 0.6) is 0 Å². The molecule has 0 spiro atoms. The van der Waals surface area contributed by atoms with E-state index in [0.717, 1.165) is 0 Å². The van der Waals surface area contributed by atoms with E-state index in [1.54, 1.807) is 0 Å². The molecule has 146 valence electrons. The van der Waals surface area contributed by atoms with Crippen molar-refractivity contribution in [2.24, 2.45) is 0 Å². The topological polar surface area (TPSA) is 278 Å². The van der Waals surface area contributed by atoms with Gasteiger partial charge in [0, 0.05) is 37.5 Å². The van der Waals surface area contributed by atoms with E-state index in [1.165, 1.54) is 6.38 Å². The molecule has 4 unspecified atom stereocenters. The predicted molar refractivity (Wildman–Crippen MR) is 61.8 cm³/mol. The van der Waals surface area contributed by atoms with Crippen LogP contribution >= 0.6 is 60.3 Å². The summed E-state index contributed by atoms with van der Waals surface area (Å²) < 4.78 is 70.8. The van der Waals surface area contributed by atoms with Gasteiger partial charge in [0.2, 0.25) is 0 Å². The van der Waals surface area contributed by atoms with Gasteiger partial charge in [0.1, 0.15) is 0 Å². The average molecular weight is 730 g/mol. The van der Waals surface area contributed by atoms with Crippen molar-refractivity contribution in [2.45, 2.75) is 0 Å². The quantitative estimate of drug-likeness (QED) is 0.191. The number of rotatable bonds is 8. The van der Waals surface area contributed by atoms with Gasteiger partial charge in [0.05, 0.1) is 0 Å². The van der Waals surface area contributed by atoms with Crippen molar-refractivity contribution in [3.8, 4) is 0 Å². The Morgan fingerprint density at radius 1 is 0.640 bits per heavy atom. The second-order valence-corrected chi connectivity index (χ2v) is 8.31. The molecule has 0 aliphatic rings. The third-order valence-corrected chi connectivity index (χ3v) is 6.00. The molecular formula is CH3ClO16P6U-2. The monoisotopic (exact) mass is 730 g/mol. The van der Waals surface area contributed by atoms with Crippen molar-refractivity contribution >= 4 is 60.3 Å². The molecule has 0 rings (SSSR count). The first-order valence-electron chi connectivity index (χ1n) is 4.03. The average Bonchev–Trinajstić information content (AvgIpc) is 2.24. The van der Waals surface area contributed by atoms with E-state index >= 15 is 0 Å². The zero-order valence-corrected chi connectivity index (χ0v) is 21.4. The van der Waals surface area contributed by atoms with Crippen molar-refractivity contribution in [3.05, 3.63) is 0 Å². The van der Waals surface area contributed by atoms with Gasteiger partial charge >= 0.3 is 48.7 Å². The number of alkyl halides is 1. The van der Waals surface area contributed by atoms with E-state index < -0.39 is 48.7 Å². The second-order valence-electron chi connectivity index (χ2n) is 2.12. The van der Waals surface area contributed by atoms with Crippen molar-refractivity contribution in [1.82, 2.24) is 0 Å². The van der Waals surface area contributed by atoms with Crippen molar-refractivity contribution in [1.29, 1.82) is 0 Å². The van der Waals surface area contributed by atoms with E-state index in [4.69, 9.17) is 0 Å². The molecule has 0 aliphatic carbocycles. The Labute approximate surface area is 171 Å². The molecule has 24 heteroatoms. The van der Waals surface area contributed by atoms with E-state index in [1.807, 2.05) is 0 Å². The third kappa shape index (κ3) is 30.8. The van der Waals surface area contributed by atoms with E-state index in [0.29, 0.717) is 0 Å². The van der Waals surface area contributed by atoms with Gasteiger partial charge in [0.25, 0.3) is 0 Å². The molecular weight excluding hydrogens is 727 g/mol. The van der Waals surface area contributed by atoms with Crippen molar-refractivity contribution in [3.63, 3.8) is 0 Å². The minimum atomic E-state index is -5.25. The van der Waals surface area contributed by atoms with Crippen LogP contribution in [0.4, 0.5) is 0 Å². The van der Waals surface area contributed by atoms with E-state index in [-0.39, 0.29) is 31.1 Å². The van der Waals surface area contributed by atoms with Gasteiger partial charge in [0.15, 0.2) is 0 Å². The molecule has 16 nitrogen and oxygen atoms in total. The minimum Gasteiger partial charge on any atom is -0.750 e. The standard InChI is InChI=1S/CH3Cl.2HO8P3.U/c1-2;2*1-9(2)7-11(5,6)8-10(3)4;/h1H3;2*(H,5,6);/p-2. The smallest absolute Gasteiger partial charge is 0.496 e. The van der Waals surface area contributed by atoms with Crippen LogP contribution in [0.3, 0.4) is 0 Å². The Hall–Kier alpha value is 1.80. The Morgan fingerprint density at radius 2 is 0.760 bits per heavy atom. The molecule has 0 amide bonds. The molecule has 0 aliphatic heterocycles. The summed E-state index contributed by atoms with van der Waals surface area (Å²) in [6.45, 7) is 0. The summed E-state index contributed by atoms with van der Waals surface area (Å²) in [6, 6.07) is 0. The Bertz CT molecular complexity index is 457. The van der Waals surface area contributed by atoms with Crippen LogP contribution in [0.25, 0.3) is 0 Å². The SMILES string of the molecule is CCl.O=[P+]([O-])OP(=O)([O-])O[P+](=O)[O-].O=[P+]([O-])OP(=O)([O-])O[P+](=O)[O-].[U]. The summed E-state index contributed by atoms with van der Waals surface area (Å²) in [5.41, 5.74) is 0. The number of hydrogen-bond acceptors (Lipinski definition) is 16. The molecule has 0 saturated heterocycles. The summed E-state index contributed by atoms with van der Waals surface area (Å²) in [7, 11) is -25.2. The zero-order valence-electron chi connectivity index (χ0n) is 11.1. The maximum absolute atomic E-state index is 10.1. The van der Waals surface area contributed by atoms with Crippen LogP contribution < -0.4 is 29.4 Å². The fraction of sp³-hybridized carbons (Fsp3) is 1.00. The number of halogens is 1. The summed E-state index contributed by atoms with van der Waals surface area (Å²) in [4.78, 5) is 58.4. The maximum atomic E-state index is 10.1. The largest absolute Gasteiger partial charge is 0.750 e. The zero-order chi connectivity index (χ0) is 20.1. The van der Waals surface area contributed by atoms with Gasteiger partial charge < -0.3 is 29.4 Å². The molecule has 0 aromatic heterocycles. The second kappa shape index (κ2) is 17.9. The number of hydrogen-bond donors (Lipinski definition) is 0. The first kappa shape index (κ1) is 34.3. The van der Waals surface area contributed by atoms with Gasteiger partial charge in [-0.2, -0.15) is 0 Å². The molecule has 25 heavy (non-hydrogen) atoms. The first-order valence-corrected chi connectivity index (χ1v) is 12.1. The summed E-state index contributed by atoms with van der Waals surface area (Å²) >= 11 is 4.64. The van der Waals surface area contributed by atoms with Gasteiger partial charge in [-0.1, -0.05) is 17.2 Å². The van der Waals surface area contributed by atoms with Gasteiger partial charge in [-0.05, 0) is 18.3 Å². The summed E-state index contributed by atoms with van der Waals surface area (Å²) in [5, 5.41) is 0. The summed E-state index contributed by atoms with van der Waals surface area (Å²) in [6.07, 6.45) is 1.47. The van der Waals surface area contributed by atoms with Gasteiger partial charge in [-0.3, -0.25) is 9.13 Å². The fourth-order valence-electron chi connectivity index (χ4n) is 0.356. The molecule has 0 radical (unpaired) electrons. The van der Waals surface area contributed by atoms with Crippen LogP contribution in [0.2, 0.25) is 0 Å². The van der Waals surface area contributed by atoms with E-state index in [9.17, 15) is 56.8 Å². The van der Waals surface area contributed by atoms with Crippen molar-refractivity contribution < 1.29 is 105 Å². The number of phosphoric acid groups is 2. The van der Waals surface area contributed by atoms with Crippen LogP contribution in [0, 0.1) is 31.1 Å². The Kier molecular flexibility index (Phi) is 24.5. The van der Waals surface area contributed by atoms with Crippen LogP contribution in [0.1, 0.15) is 0 Å². The normalized spacial score (nSPS) is 16.8. The Morgan fingerprint density at radius 3 is 0.840 bits per heavy atom. The van der Waals surface area contributed by atoms with Crippen LogP contribution in [-0.4, -0.2) is 6.38 Å². The minimum absolute atomic E-state index is 0. The molecule has 0 aromatic carbocycles. The maximum Gasteiger partial charge on any atom is 0.496 e. The third-order valence-electron chi connectivity index (χ3n) is 0.667. The molecule has 0 bridgehead atoms. The first-order chi connectivity index (χ1) is 10.7. The molecule has 4 atom stereocenters. The van der Waals surface area contributed by atoms with Gasteiger partial charge in [-0.15, -0.1) is 11.6 Å². The predicted octanol–water partition coefficient (Wildman–Crippen LogP) is -2.10. The van der Waals surface area contributed by atoms with Gasteiger partial charge in [-0.25, -0.2) is 0 Å². The van der Waals surface area contributed by atoms with Crippen molar-refractivity contribution in [2.75, 3.05) is 6.38 Å². The molecule has 0 fully saturated rings. The molecule has 0 heterocycles. The molecule has 0 aromatic rings. The van der Waals surface area contributed by atoms with Crippen LogP contribution in [0.15, 0.2) is 0 Å². The summed E-state index contributed by atoms with van der Waals surface area (Å²) in [5.74, 6) is 0. The fourth-order valence-corrected chi connectivity index (χ4v) is 3.74. The molecule has 0 N–H and O–H groups in total. The van der Waals surface area contributed by atoms with E-state index in [2.05, 4.69) is 28.8 Å². The molecule has 0 saturated carbocycles.